The Morgan fingerprint density at radius 2 is 1.69 bits per heavy atom. The van der Waals surface area contributed by atoms with Crippen LogP contribution >= 0.6 is 0 Å². The first kappa shape index (κ1) is 17.6. The van der Waals surface area contributed by atoms with Crippen LogP contribution in [0.15, 0.2) is 24.5 Å². The number of aromatic nitrogens is 1. The SMILES string of the molecule is O=C([C@H]1CC(=O)N(C2CCCC2)C1)N1CCN(CCn2cccc2)CC1. The summed E-state index contributed by atoms with van der Waals surface area (Å²) in [6, 6.07) is 4.49. The van der Waals surface area contributed by atoms with Gasteiger partial charge >= 0.3 is 0 Å². The number of piperazine rings is 1. The molecule has 1 aromatic heterocycles. The summed E-state index contributed by atoms with van der Waals surface area (Å²) >= 11 is 0. The van der Waals surface area contributed by atoms with Crippen molar-refractivity contribution in [2.45, 2.75) is 44.7 Å². The first-order valence-electron chi connectivity index (χ1n) is 10.1. The Morgan fingerprint density at radius 3 is 2.38 bits per heavy atom. The Kier molecular flexibility index (Phi) is 5.29. The van der Waals surface area contributed by atoms with Gasteiger partial charge < -0.3 is 14.4 Å². The van der Waals surface area contributed by atoms with Crippen molar-refractivity contribution in [2.24, 2.45) is 5.92 Å². The molecule has 2 amide bonds. The fraction of sp³-hybridized carbons (Fsp3) is 0.700. The third-order valence-corrected chi connectivity index (χ3v) is 6.30. The molecule has 26 heavy (non-hydrogen) atoms. The van der Waals surface area contributed by atoms with Crippen molar-refractivity contribution in [3.8, 4) is 0 Å². The van der Waals surface area contributed by atoms with Crippen LogP contribution in [0.5, 0.6) is 0 Å². The Balaban J connectivity index is 1.24. The molecule has 0 N–H and O–H groups in total. The molecule has 0 radical (unpaired) electrons. The lowest BCUT2D eigenvalue weighted by Gasteiger charge is -2.36. The molecular weight excluding hydrogens is 328 g/mol. The summed E-state index contributed by atoms with van der Waals surface area (Å²) in [5.74, 6) is 0.277. The van der Waals surface area contributed by atoms with Crippen molar-refractivity contribution >= 4 is 11.8 Å². The Labute approximate surface area is 155 Å². The molecule has 0 bridgehead atoms. The van der Waals surface area contributed by atoms with Crippen molar-refractivity contribution in [3.63, 3.8) is 0 Å². The fourth-order valence-corrected chi connectivity index (χ4v) is 4.69. The minimum Gasteiger partial charge on any atom is -0.353 e. The maximum Gasteiger partial charge on any atom is 0.228 e. The van der Waals surface area contributed by atoms with Gasteiger partial charge in [0.15, 0.2) is 0 Å². The van der Waals surface area contributed by atoms with Gasteiger partial charge in [-0.1, -0.05) is 12.8 Å². The highest BCUT2D eigenvalue weighted by Gasteiger charge is 2.40. The van der Waals surface area contributed by atoms with Gasteiger partial charge in [0.2, 0.25) is 11.8 Å². The zero-order chi connectivity index (χ0) is 17.9. The highest BCUT2D eigenvalue weighted by molar-refractivity contribution is 5.89. The largest absolute Gasteiger partial charge is 0.353 e. The standard InChI is InChI=1S/C20H30N4O2/c25-19-15-17(16-24(19)18-5-1-2-6-18)20(26)23-13-11-22(12-14-23)10-9-21-7-3-4-8-21/h3-4,7-8,17-18H,1-2,5-6,9-16H2/t17-/m0/s1. The molecule has 0 spiro atoms. The predicted molar refractivity (Wildman–Crippen MR) is 99.5 cm³/mol. The summed E-state index contributed by atoms with van der Waals surface area (Å²) in [6.07, 6.45) is 9.28. The number of nitrogens with zero attached hydrogens (tertiary/aromatic N) is 4. The molecule has 6 nitrogen and oxygen atoms in total. The summed E-state index contributed by atoms with van der Waals surface area (Å²) in [7, 11) is 0. The second-order valence-corrected chi connectivity index (χ2v) is 7.97. The summed E-state index contributed by atoms with van der Waals surface area (Å²) in [5, 5.41) is 0. The van der Waals surface area contributed by atoms with Gasteiger partial charge in [-0.2, -0.15) is 0 Å². The number of carbonyl (C=O) groups is 2. The van der Waals surface area contributed by atoms with Crippen LogP contribution in [0.4, 0.5) is 0 Å². The lowest BCUT2D eigenvalue weighted by Crippen LogP contribution is -2.51. The van der Waals surface area contributed by atoms with Crippen molar-refractivity contribution in [2.75, 3.05) is 39.3 Å². The van der Waals surface area contributed by atoms with Crippen molar-refractivity contribution in [1.82, 2.24) is 19.3 Å². The Bertz CT molecular complexity index is 616. The van der Waals surface area contributed by atoms with Gasteiger partial charge in [-0.05, 0) is 25.0 Å². The van der Waals surface area contributed by atoms with E-state index in [1.165, 1.54) is 12.8 Å². The smallest absolute Gasteiger partial charge is 0.228 e. The molecular formula is C20H30N4O2. The second-order valence-electron chi connectivity index (χ2n) is 7.97. The third-order valence-electron chi connectivity index (χ3n) is 6.30. The third kappa shape index (κ3) is 3.80. The van der Waals surface area contributed by atoms with E-state index in [0.29, 0.717) is 19.0 Å². The topological polar surface area (TPSA) is 48.8 Å². The molecule has 3 heterocycles. The fourth-order valence-electron chi connectivity index (χ4n) is 4.69. The number of likely N-dealkylation sites (tertiary alicyclic amines) is 1. The molecule has 4 rings (SSSR count). The van der Waals surface area contributed by atoms with Gasteiger partial charge in [0.25, 0.3) is 0 Å². The van der Waals surface area contributed by atoms with E-state index in [2.05, 4.69) is 21.9 Å². The Hall–Kier alpha value is -1.82. The number of amides is 2. The first-order chi connectivity index (χ1) is 12.7. The maximum absolute atomic E-state index is 12.9. The van der Waals surface area contributed by atoms with Gasteiger partial charge in [0.1, 0.15) is 0 Å². The molecule has 1 aromatic rings. The van der Waals surface area contributed by atoms with Crippen LogP contribution in [-0.2, 0) is 16.1 Å². The van der Waals surface area contributed by atoms with Crippen LogP contribution in [0.3, 0.4) is 0 Å². The average molecular weight is 358 g/mol. The van der Waals surface area contributed by atoms with E-state index in [0.717, 1.165) is 52.1 Å². The van der Waals surface area contributed by atoms with Gasteiger partial charge in [0, 0.05) is 70.7 Å². The van der Waals surface area contributed by atoms with Crippen LogP contribution in [-0.4, -0.2) is 76.4 Å². The lowest BCUT2D eigenvalue weighted by atomic mass is 10.1. The van der Waals surface area contributed by atoms with Crippen LogP contribution < -0.4 is 0 Å². The molecule has 3 fully saturated rings. The highest BCUT2D eigenvalue weighted by Crippen LogP contribution is 2.30. The number of rotatable bonds is 5. The van der Waals surface area contributed by atoms with Crippen LogP contribution in [0.25, 0.3) is 0 Å². The van der Waals surface area contributed by atoms with Crippen molar-refractivity contribution in [1.29, 1.82) is 0 Å². The van der Waals surface area contributed by atoms with E-state index < -0.39 is 0 Å². The number of hydrogen-bond donors (Lipinski definition) is 0. The van der Waals surface area contributed by atoms with Gasteiger partial charge in [0.05, 0.1) is 5.92 Å². The molecule has 2 aliphatic heterocycles. The highest BCUT2D eigenvalue weighted by atomic mass is 16.2. The van der Waals surface area contributed by atoms with Gasteiger partial charge in [-0.15, -0.1) is 0 Å². The van der Waals surface area contributed by atoms with Crippen LogP contribution in [0.2, 0.25) is 0 Å². The summed E-state index contributed by atoms with van der Waals surface area (Å²) in [6.45, 7) is 6.11. The van der Waals surface area contributed by atoms with Gasteiger partial charge in [-0.25, -0.2) is 0 Å². The van der Waals surface area contributed by atoms with E-state index in [4.69, 9.17) is 0 Å². The van der Waals surface area contributed by atoms with E-state index in [1.807, 2.05) is 21.9 Å². The molecule has 1 atom stereocenters. The van der Waals surface area contributed by atoms with E-state index >= 15 is 0 Å². The summed E-state index contributed by atoms with van der Waals surface area (Å²) < 4.78 is 2.19. The second kappa shape index (κ2) is 7.82. The zero-order valence-electron chi connectivity index (χ0n) is 15.6. The number of hydrogen-bond acceptors (Lipinski definition) is 3. The Morgan fingerprint density at radius 1 is 1.00 bits per heavy atom. The van der Waals surface area contributed by atoms with Gasteiger partial charge in [-0.3, -0.25) is 14.5 Å². The van der Waals surface area contributed by atoms with E-state index in [1.54, 1.807) is 0 Å². The van der Waals surface area contributed by atoms with E-state index in [9.17, 15) is 9.59 Å². The predicted octanol–water partition coefficient (Wildman–Crippen LogP) is 1.42. The molecule has 0 aromatic carbocycles. The maximum atomic E-state index is 12.9. The molecule has 6 heteroatoms. The first-order valence-corrected chi connectivity index (χ1v) is 10.1. The van der Waals surface area contributed by atoms with Crippen LogP contribution in [0, 0.1) is 5.92 Å². The summed E-state index contributed by atoms with van der Waals surface area (Å²) in [4.78, 5) is 31.7. The van der Waals surface area contributed by atoms with Crippen molar-refractivity contribution in [3.05, 3.63) is 24.5 Å². The normalized spacial score (nSPS) is 25.4. The summed E-state index contributed by atoms with van der Waals surface area (Å²) in [5.41, 5.74) is 0. The molecule has 0 unspecified atom stereocenters. The molecule has 142 valence electrons. The minimum atomic E-state index is -0.116. The average Bonchev–Trinajstić information content (AvgIpc) is 3.41. The zero-order valence-corrected chi connectivity index (χ0v) is 15.6. The van der Waals surface area contributed by atoms with E-state index in [-0.39, 0.29) is 17.7 Å². The lowest BCUT2D eigenvalue weighted by molar-refractivity contribution is -0.137. The molecule has 3 aliphatic rings. The minimum absolute atomic E-state index is 0.116. The molecule has 1 saturated carbocycles. The van der Waals surface area contributed by atoms with Crippen LogP contribution in [0.1, 0.15) is 32.1 Å². The quantitative estimate of drug-likeness (QED) is 0.800. The van der Waals surface area contributed by atoms with Crippen molar-refractivity contribution < 1.29 is 9.59 Å². The molecule has 2 saturated heterocycles. The number of carbonyl (C=O) groups excluding carboxylic acids is 2. The monoisotopic (exact) mass is 358 g/mol. The molecule has 1 aliphatic carbocycles.